The van der Waals surface area contributed by atoms with Crippen LogP contribution >= 0.6 is 11.8 Å². The van der Waals surface area contributed by atoms with Gasteiger partial charge in [-0.1, -0.05) is 25.8 Å². The second-order valence-electron chi connectivity index (χ2n) is 6.18. The predicted octanol–water partition coefficient (Wildman–Crippen LogP) is 2.58. The van der Waals surface area contributed by atoms with Gasteiger partial charge in [-0.3, -0.25) is 9.59 Å². The molecule has 2 heterocycles. The average molecular weight is 364 g/mol. The summed E-state index contributed by atoms with van der Waals surface area (Å²) >= 11 is 1.62. The molecule has 0 bridgehead atoms. The fourth-order valence-corrected chi connectivity index (χ4v) is 4.85. The number of hydrogen-bond acceptors (Lipinski definition) is 5. The largest absolute Gasteiger partial charge is 0.493 e. The summed E-state index contributed by atoms with van der Waals surface area (Å²) in [7, 11) is 3.08. The number of amides is 2. The van der Waals surface area contributed by atoms with Gasteiger partial charge in [-0.15, -0.1) is 11.8 Å². The third-order valence-electron chi connectivity index (χ3n) is 4.67. The number of benzene rings is 1. The van der Waals surface area contributed by atoms with Crippen LogP contribution in [0.2, 0.25) is 0 Å². The molecule has 0 unspecified atom stereocenters. The van der Waals surface area contributed by atoms with E-state index in [0.717, 1.165) is 24.8 Å². The number of nitrogens with zero attached hydrogens (tertiary/aromatic N) is 1. The molecule has 1 fully saturated rings. The molecule has 1 saturated heterocycles. The van der Waals surface area contributed by atoms with Crippen molar-refractivity contribution in [3.63, 3.8) is 0 Å². The molecule has 2 aliphatic heterocycles. The highest BCUT2D eigenvalue weighted by atomic mass is 32.2. The van der Waals surface area contributed by atoms with Crippen LogP contribution in [-0.2, 0) is 4.79 Å². The van der Waals surface area contributed by atoms with Gasteiger partial charge >= 0.3 is 0 Å². The summed E-state index contributed by atoms with van der Waals surface area (Å²) in [4.78, 5) is 27.3. The van der Waals surface area contributed by atoms with Crippen LogP contribution in [0.4, 0.5) is 0 Å². The molecule has 2 amide bonds. The second-order valence-corrected chi connectivity index (χ2v) is 7.29. The van der Waals surface area contributed by atoms with Crippen molar-refractivity contribution in [3.8, 4) is 11.5 Å². The SMILES string of the molecule is CCCCCNC(=O)[C@H]1CS[C@@H]2c3ccc(OC)c(OC)c3C(=O)N12. The van der Waals surface area contributed by atoms with Gasteiger partial charge < -0.3 is 19.7 Å². The summed E-state index contributed by atoms with van der Waals surface area (Å²) in [6.07, 6.45) is 3.16. The topological polar surface area (TPSA) is 67.9 Å². The molecule has 0 saturated carbocycles. The highest BCUT2D eigenvalue weighted by molar-refractivity contribution is 7.99. The van der Waals surface area contributed by atoms with E-state index in [0.29, 0.717) is 29.4 Å². The zero-order valence-electron chi connectivity index (χ0n) is 14.8. The van der Waals surface area contributed by atoms with Gasteiger partial charge in [0.1, 0.15) is 11.4 Å². The van der Waals surface area contributed by atoms with Crippen LogP contribution in [0.15, 0.2) is 12.1 Å². The lowest BCUT2D eigenvalue weighted by Crippen LogP contribution is -2.46. The molecule has 2 atom stereocenters. The van der Waals surface area contributed by atoms with Crippen LogP contribution in [0.1, 0.15) is 47.5 Å². The molecule has 0 spiro atoms. The third kappa shape index (κ3) is 3.05. The van der Waals surface area contributed by atoms with E-state index in [2.05, 4.69) is 12.2 Å². The van der Waals surface area contributed by atoms with E-state index in [4.69, 9.17) is 9.47 Å². The maximum Gasteiger partial charge on any atom is 0.260 e. The van der Waals surface area contributed by atoms with Crippen molar-refractivity contribution in [1.29, 1.82) is 0 Å². The molecule has 0 aromatic heterocycles. The Morgan fingerprint density at radius 3 is 2.80 bits per heavy atom. The lowest BCUT2D eigenvalue weighted by Gasteiger charge is -2.22. The monoisotopic (exact) mass is 364 g/mol. The van der Waals surface area contributed by atoms with Crippen LogP contribution < -0.4 is 14.8 Å². The first kappa shape index (κ1) is 17.9. The number of hydrogen-bond donors (Lipinski definition) is 1. The van der Waals surface area contributed by atoms with Crippen molar-refractivity contribution in [2.24, 2.45) is 0 Å². The van der Waals surface area contributed by atoms with Gasteiger partial charge in [0.05, 0.1) is 19.8 Å². The van der Waals surface area contributed by atoms with Crippen molar-refractivity contribution < 1.29 is 19.1 Å². The van der Waals surface area contributed by atoms with Gasteiger partial charge in [0.2, 0.25) is 5.91 Å². The first-order valence-corrected chi connectivity index (χ1v) is 9.65. The van der Waals surface area contributed by atoms with Gasteiger partial charge in [0.25, 0.3) is 5.91 Å². The van der Waals surface area contributed by atoms with E-state index >= 15 is 0 Å². The lowest BCUT2D eigenvalue weighted by atomic mass is 10.1. The van der Waals surface area contributed by atoms with E-state index in [9.17, 15) is 9.59 Å². The Bertz CT molecular complexity index is 679. The number of ether oxygens (including phenoxy) is 2. The van der Waals surface area contributed by atoms with E-state index < -0.39 is 6.04 Å². The highest BCUT2D eigenvalue weighted by Crippen LogP contribution is 2.52. The molecular weight excluding hydrogens is 340 g/mol. The van der Waals surface area contributed by atoms with Crippen LogP contribution in [0.25, 0.3) is 0 Å². The number of methoxy groups -OCH3 is 2. The number of carbonyl (C=O) groups is 2. The van der Waals surface area contributed by atoms with Crippen molar-refractivity contribution in [3.05, 3.63) is 23.3 Å². The first-order chi connectivity index (χ1) is 12.1. The number of nitrogens with one attached hydrogen (secondary N) is 1. The standard InChI is InChI=1S/C18H24N2O4S/c1-4-5-6-9-19-16(21)12-10-25-18-11-7-8-13(23-2)15(24-3)14(11)17(22)20(12)18/h7-8,12,18H,4-6,9-10H2,1-3H3,(H,19,21)/t12-,18-/m1/s1. The van der Waals surface area contributed by atoms with Gasteiger partial charge in [-0.05, 0) is 12.5 Å². The molecule has 0 radical (unpaired) electrons. The summed E-state index contributed by atoms with van der Waals surface area (Å²) in [5.74, 6) is 1.36. The molecule has 136 valence electrons. The maximum atomic E-state index is 13.0. The highest BCUT2D eigenvalue weighted by Gasteiger charge is 2.50. The van der Waals surface area contributed by atoms with Crippen LogP contribution in [0.5, 0.6) is 11.5 Å². The summed E-state index contributed by atoms with van der Waals surface area (Å²) in [5, 5.41) is 2.84. The Morgan fingerprint density at radius 1 is 1.32 bits per heavy atom. The number of carbonyl (C=O) groups excluding carboxylic acids is 2. The van der Waals surface area contributed by atoms with Crippen molar-refractivity contribution in [2.75, 3.05) is 26.5 Å². The van der Waals surface area contributed by atoms with E-state index in [1.807, 2.05) is 12.1 Å². The van der Waals surface area contributed by atoms with Crippen molar-refractivity contribution in [2.45, 2.75) is 37.6 Å². The zero-order valence-corrected chi connectivity index (χ0v) is 15.6. The Labute approximate surface area is 152 Å². The Kier molecular flexibility index (Phi) is 5.42. The van der Waals surface area contributed by atoms with Gasteiger partial charge in [-0.25, -0.2) is 0 Å². The molecular formula is C18H24N2O4S. The molecule has 1 N–H and O–H groups in total. The molecule has 3 rings (SSSR count). The Hall–Kier alpha value is -1.89. The minimum Gasteiger partial charge on any atom is -0.493 e. The van der Waals surface area contributed by atoms with Crippen LogP contribution in [0.3, 0.4) is 0 Å². The number of fused-ring (bicyclic) bond motifs is 3. The molecule has 1 aromatic rings. The number of unbranched alkanes of at least 4 members (excludes halogenated alkanes) is 2. The molecule has 1 aromatic carbocycles. The predicted molar refractivity (Wildman–Crippen MR) is 97.2 cm³/mol. The zero-order chi connectivity index (χ0) is 18.0. The van der Waals surface area contributed by atoms with Crippen LogP contribution in [0, 0.1) is 0 Å². The van der Waals surface area contributed by atoms with Crippen molar-refractivity contribution in [1.82, 2.24) is 10.2 Å². The molecule has 0 aliphatic carbocycles. The molecule has 2 aliphatic rings. The normalized spacial score (nSPS) is 21.1. The molecule has 7 heteroatoms. The summed E-state index contributed by atoms with van der Waals surface area (Å²) in [5.41, 5.74) is 1.41. The number of rotatable bonds is 7. The van der Waals surface area contributed by atoms with E-state index in [1.165, 1.54) is 7.11 Å². The fourth-order valence-electron chi connectivity index (χ4n) is 3.40. The minimum absolute atomic E-state index is 0.0711. The summed E-state index contributed by atoms with van der Waals surface area (Å²) in [6, 6.07) is 3.27. The van der Waals surface area contributed by atoms with Crippen LogP contribution in [-0.4, -0.2) is 49.3 Å². The lowest BCUT2D eigenvalue weighted by molar-refractivity contribution is -0.124. The van der Waals surface area contributed by atoms with Gasteiger partial charge in [-0.2, -0.15) is 0 Å². The third-order valence-corrected chi connectivity index (χ3v) is 5.98. The van der Waals surface area contributed by atoms with E-state index in [-0.39, 0.29) is 17.2 Å². The van der Waals surface area contributed by atoms with E-state index in [1.54, 1.807) is 23.8 Å². The van der Waals surface area contributed by atoms with Gasteiger partial charge in [0.15, 0.2) is 11.5 Å². The minimum atomic E-state index is -0.438. The van der Waals surface area contributed by atoms with Gasteiger partial charge in [0, 0.05) is 17.9 Å². The van der Waals surface area contributed by atoms with Crippen molar-refractivity contribution >= 4 is 23.6 Å². The second kappa shape index (κ2) is 7.56. The fraction of sp³-hybridized carbons (Fsp3) is 0.556. The Morgan fingerprint density at radius 2 is 2.12 bits per heavy atom. The summed E-state index contributed by atoms with van der Waals surface area (Å²) in [6.45, 7) is 2.78. The maximum absolute atomic E-state index is 13.0. The average Bonchev–Trinajstić information content (AvgIpc) is 3.18. The summed E-state index contributed by atoms with van der Waals surface area (Å²) < 4.78 is 10.7. The molecule has 6 nitrogen and oxygen atoms in total. The quantitative estimate of drug-likeness (QED) is 0.753. The number of thioether (sulfide) groups is 1. The smallest absolute Gasteiger partial charge is 0.260 e. The molecule has 25 heavy (non-hydrogen) atoms. The first-order valence-electron chi connectivity index (χ1n) is 8.60. The Balaban J connectivity index is 1.81.